The number of allylic oxidation sites excluding steroid dienone is 12. The Hall–Kier alpha value is -3.15. The highest BCUT2D eigenvalue weighted by atomic mass is 16.6. The molecule has 482 valence electrons. The van der Waals surface area contributed by atoms with Crippen molar-refractivity contribution < 1.29 is 28.6 Å². The summed E-state index contributed by atoms with van der Waals surface area (Å²) in [7, 11) is 0. The van der Waals surface area contributed by atoms with Gasteiger partial charge in [0.15, 0.2) is 6.10 Å². The first kappa shape index (κ1) is 79.8. The Morgan fingerprint density at radius 3 is 0.735 bits per heavy atom. The van der Waals surface area contributed by atoms with Crippen molar-refractivity contribution in [1.29, 1.82) is 0 Å². The zero-order chi connectivity index (χ0) is 59.9. The first-order chi connectivity index (χ1) is 41.0. The molecule has 1 unspecified atom stereocenters. The van der Waals surface area contributed by atoms with Gasteiger partial charge in [0.05, 0.1) is 0 Å². The molecule has 0 aromatic rings. The van der Waals surface area contributed by atoms with Gasteiger partial charge in [0.1, 0.15) is 13.2 Å². The van der Waals surface area contributed by atoms with Crippen molar-refractivity contribution in [2.24, 2.45) is 0 Å². The minimum absolute atomic E-state index is 0.0764. The molecule has 1 atom stereocenters. The maximum absolute atomic E-state index is 13.0. The van der Waals surface area contributed by atoms with Crippen LogP contribution < -0.4 is 0 Å². The van der Waals surface area contributed by atoms with Crippen LogP contribution >= 0.6 is 0 Å². The van der Waals surface area contributed by atoms with Crippen molar-refractivity contribution in [2.45, 2.75) is 386 Å². The number of unbranched alkanes of at least 4 members (excludes halogenated alkanes) is 44. The van der Waals surface area contributed by atoms with Crippen LogP contribution in [-0.2, 0) is 28.6 Å². The fraction of sp³-hybridized carbons (Fsp3) is 0.805. The van der Waals surface area contributed by atoms with E-state index in [1.165, 1.54) is 231 Å². The lowest BCUT2D eigenvalue weighted by atomic mass is 10.0. The van der Waals surface area contributed by atoms with Crippen molar-refractivity contribution in [2.75, 3.05) is 13.2 Å². The highest BCUT2D eigenvalue weighted by molar-refractivity contribution is 5.71. The Labute approximate surface area is 516 Å². The molecule has 0 rings (SSSR count). The van der Waals surface area contributed by atoms with Gasteiger partial charge in [-0.3, -0.25) is 14.4 Å². The van der Waals surface area contributed by atoms with E-state index < -0.39 is 6.10 Å². The van der Waals surface area contributed by atoms with Crippen LogP contribution in [0.4, 0.5) is 0 Å². The van der Waals surface area contributed by atoms with E-state index in [4.69, 9.17) is 14.2 Å². The summed E-state index contributed by atoms with van der Waals surface area (Å²) >= 11 is 0. The summed E-state index contributed by atoms with van der Waals surface area (Å²) < 4.78 is 17.0. The third kappa shape index (κ3) is 69.5. The second kappa shape index (κ2) is 71.3. The molecule has 0 fully saturated rings. The van der Waals surface area contributed by atoms with Gasteiger partial charge in [0.2, 0.25) is 0 Å². The monoisotopic (exact) mass is 1160 g/mol. The van der Waals surface area contributed by atoms with Gasteiger partial charge in [0.25, 0.3) is 0 Å². The highest BCUT2D eigenvalue weighted by Gasteiger charge is 2.19. The lowest BCUT2D eigenvalue weighted by Crippen LogP contribution is -2.30. The average Bonchev–Trinajstić information content (AvgIpc) is 3.49. The van der Waals surface area contributed by atoms with Crippen molar-refractivity contribution in [1.82, 2.24) is 0 Å². The molecule has 6 nitrogen and oxygen atoms in total. The number of hydrogen-bond donors (Lipinski definition) is 0. The average molecular weight is 1160 g/mol. The number of hydrogen-bond acceptors (Lipinski definition) is 6. The molecule has 0 aliphatic rings. The van der Waals surface area contributed by atoms with E-state index in [0.717, 1.165) is 109 Å². The normalized spacial score (nSPS) is 12.5. The van der Waals surface area contributed by atoms with Crippen LogP contribution in [0, 0.1) is 0 Å². The number of ether oxygens (including phenoxy) is 3. The van der Waals surface area contributed by atoms with Crippen molar-refractivity contribution in [3.05, 3.63) is 72.9 Å². The minimum atomic E-state index is -0.783. The SMILES string of the molecule is CC/C=C\C/C=C\C/C=C\C/C=C\C/C=C\C/C=C\CCCCCCCCC(=O)OC(COC(=O)CCCCCCCCCCCCCCCC)COC(=O)CCCCCCCCCCCCCCCCCCCCCCCCCCCC. The lowest BCUT2D eigenvalue weighted by Gasteiger charge is -2.18. The van der Waals surface area contributed by atoms with E-state index in [2.05, 4.69) is 93.7 Å². The lowest BCUT2D eigenvalue weighted by molar-refractivity contribution is -0.167. The molecule has 0 aromatic heterocycles. The van der Waals surface area contributed by atoms with E-state index in [1.54, 1.807) is 0 Å². The van der Waals surface area contributed by atoms with E-state index in [-0.39, 0.29) is 31.1 Å². The molecule has 0 aromatic carbocycles. The first-order valence-corrected chi connectivity index (χ1v) is 36.4. The molecule has 0 heterocycles. The quantitative estimate of drug-likeness (QED) is 0.0261. The minimum Gasteiger partial charge on any atom is -0.462 e. The fourth-order valence-electron chi connectivity index (χ4n) is 10.8. The largest absolute Gasteiger partial charge is 0.462 e. The number of esters is 3. The fourth-order valence-corrected chi connectivity index (χ4v) is 10.8. The van der Waals surface area contributed by atoms with Gasteiger partial charge < -0.3 is 14.2 Å². The molecule has 83 heavy (non-hydrogen) atoms. The third-order valence-electron chi connectivity index (χ3n) is 16.2. The zero-order valence-electron chi connectivity index (χ0n) is 55.5. The standard InChI is InChI=1S/C77H138O6/c1-4-7-10-13-16-19-22-25-28-30-32-34-36-38-40-41-43-45-47-49-52-55-58-61-64-67-70-76(79)82-73-74(72-81-75(78)69-66-63-60-57-54-51-27-24-21-18-15-12-9-6-3)83-77(80)71-68-65-62-59-56-53-50-48-46-44-42-39-37-35-33-31-29-26-23-20-17-14-11-8-5-2/h8,11,17,20,26,29,33,35,39,42,46,48,74H,4-7,9-10,12-16,18-19,21-25,27-28,30-32,34,36-38,40-41,43-45,47,49-73H2,1-3H3/b11-8-,20-17-,29-26-,35-33-,42-39-,48-46-. The van der Waals surface area contributed by atoms with Crippen molar-refractivity contribution in [3.63, 3.8) is 0 Å². The summed E-state index contributed by atoms with van der Waals surface area (Å²) in [6.07, 6.45) is 93.6. The second-order valence-corrected chi connectivity index (χ2v) is 24.5. The van der Waals surface area contributed by atoms with Crippen LogP contribution in [0.15, 0.2) is 72.9 Å². The maximum Gasteiger partial charge on any atom is 0.306 e. The topological polar surface area (TPSA) is 78.9 Å². The Morgan fingerprint density at radius 1 is 0.253 bits per heavy atom. The van der Waals surface area contributed by atoms with Gasteiger partial charge in [-0.15, -0.1) is 0 Å². The smallest absolute Gasteiger partial charge is 0.306 e. The van der Waals surface area contributed by atoms with Crippen LogP contribution in [0.1, 0.15) is 380 Å². The predicted octanol–water partition coefficient (Wildman–Crippen LogP) is 25.2. The van der Waals surface area contributed by atoms with Crippen LogP contribution in [0.5, 0.6) is 0 Å². The molecule has 0 aliphatic carbocycles. The first-order valence-electron chi connectivity index (χ1n) is 36.4. The Bertz CT molecular complexity index is 1520. The number of carbonyl (C=O) groups is 3. The third-order valence-corrected chi connectivity index (χ3v) is 16.2. The van der Waals surface area contributed by atoms with Crippen LogP contribution in [-0.4, -0.2) is 37.2 Å². The summed E-state index contributed by atoms with van der Waals surface area (Å²) in [5.74, 6) is -0.866. The van der Waals surface area contributed by atoms with Gasteiger partial charge in [-0.1, -0.05) is 363 Å². The summed E-state index contributed by atoms with van der Waals surface area (Å²) in [5, 5.41) is 0. The Morgan fingerprint density at radius 2 is 0.470 bits per heavy atom. The molecule has 0 amide bonds. The van der Waals surface area contributed by atoms with E-state index >= 15 is 0 Å². The molecule has 0 bridgehead atoms. The molecule has 0 saturated heterocycles. The number of carbonyl (C=O) groups excluding carboxylic acids is 3. The molecular weight excluding hydrogens is 1020 g/mol. The van der Waals surface area contributed by atoms with E-state index in [1.807, 2.05) is 0 Å². The number of rotatable bonds is 67. The molecule has 0 radical (unpaired) electrons. The van der Waals surface area contributed by atoms with E-state index in [9.17, 15) is 14.4 Å². The van der Waals surface area contributed by atoms with Crippen LogP contribution in [0.3, 0.4) is 0 Å². The molecule has 6 heteroatoms. The molecule has 0 aliphatic heterocycles. The second-order valence-electron chi connectivity index (χ2n) is 24.5. The van der Waals surface area contributed by atoms with E-state index in [0.29, 0.717) is 19.3 Å². The maximum atomic E-state index is 13.0. The van der Waals surface area contributed by atoms with Gasteiger partial charge in [-0.25, -0.2) is 0 Å². The highest BCUT2D eigenvalue weighted by Crippen LogP contribution is 2.19. The predicted molar refractivity (Wildman–Crippen MR) is 362 cm³/mol. The summed E-state index contributed by atoms with van der Waals surface area (Å²) in [6, 6.07) is 0. The molecule has 0 spiro atoms. The summed E-state index contributed by atoms with van der Waals surface area (Å²) in [5.41, 5.74) is 0. The van der Waals surface area contributed by atoms with Gasteiger partial charge in [-0.05, 0) is 70.6 Å². The van der Waals surface area contributed by atoms with Crippen molar-refractivity contribution >= 4 is 17.9 Å². The van der Waals surface area contributed by atoms with Gasteiger partial charge in [0, 0.05) is 19.3 Å². The summed E-state index contributed by atoms with van der Waals surface area (Å²) in [4.78, 5) is 38.5. The zero-order valence-corrected chi connectivity index (χ0v) is 55.5. The molecular formula is C77H138O6. The Balaban J connectivity index is 4.29. The Kier molecular flexibility index (Phi) is 68.6. The van der Waals surface area contributed by atoms with Crippen LogP contribution in [0.25, 0.3) is 0 Å². The van der Waals surface area contributed by atoms with Gasteiger partial charge >= 0.3 is 17.9 Å². The van der Waals surface area contributed by atoms with Gasteiger partial charge in [-0.2, -0.15) is 0 Å². The van der Waals surface area contributed by atoms with Crippen LogP contribution in [0.2, 0.25) is 0 Å². The van der Waals surface area contributed by atoms with Crippen molar-refractivity contribution in [3.8, 4) is 0 Å². The summed E-state index contributed by atoms with van der Waals surface area (Å²) in [6.45, 7) is 6.58. The molecule has 0 N–H and O–H groups in total. The molecule has 0 saturated carbocycles.